The summed E-state index contributed by atoms with van der Waals surface area (Å²) in [6, 6.07) is 10.5. The van der Waals surface area contributed by atoms with Crippen LogP contribution in [0.15, 0.2) is 48.8 Å². The Morgan fingerprint density at radius 3 is 2.78 bits per heavy atom. The summed E-state index contributed by atoms with van der Waals surface area (Å²) >= 11 is 1.30. The average molecular weight is 517 g/mol. The highest BCUT2D eigenvalue weighted by atomic mass is 32.1. The molecule has 1 atom stereocenters. The van der Waals surface area contributed by atoms with Crippen molar-refractivity contribution in [2.75, 3.05) is 5.32 Å². The van der Waals surface area contributed by atoms with Gasteiger partial charge < -0.3 is 15.5 Å². The van der Waals surface area contributed by atoms with Crippen LogP contribution in [0.25, 0.3) is 10.6 Å². The summed E-state index contributed by atoms with van der Waals surface area (Å²) in [7, 11) is 0. The van der Waals surface area contributed by atoms with E-state index in [1.54, 1.807) is 6.20 Å². The number of halogens is 1. The smallest absolute Gasteiger partial charge is 0.338 e. The van der Waals surface area contributed by atoms with Gasteiger partial charge in [0.2, 0.25) is 0 Å². The molecule has 1 fully saturated rings. The zero-order valence-electron chi connectivity index (χ0n) is 20.2. The van der Waals surface area contributed by atoms with Crippen molar-refractivity contribution >= 4 is 28.9 Å². The van der Waals surface area contributed by atoms with Gasteiger partial charge in [0.15, 0.2) is 0 Å². The lowest BCUT2D eigenvalue weighted by Crippen LogP contribution is -2.32. The third-order valence-corrected chi connectivity index (χ3v) is 8.19. The van der Waals surface area contributed by atoms with Crippen LogP contribution in [0, 0.1) is 12.7 Å². The van der Waals surface area contributed by atoms with Crippen LogP contribution in [-0.2, 0) is 12.0 Å². The van der Waals surface area contributed by atoms with Crippen molar-refractivity contribution in [1.82, 2.24) is 15.0 Å². The molecule has 3 aromatic heterocycles. The summed E-state index contributed by atoms with van der Waals surface area (Å²) in [5.74, 6) is -0.154. The molecule has 1 unspecified atom stereocenters. The Kier molecular flexibility index (Phi) is 5.77. The second-order valence-corrected chi connectivity index (χ2v) is 10.9. The number of thiazole rings is 1. The zero-order chi connectivity index (χ0) is 25.7. The van der Waals surface area contributed by atoms with E-state index in [9.17, 15) is 19.4 Å². The Hall–Kier alpha value is -3.69. The minimum absolute atomic E-state index is 0.371. The molecule has 0 radical (unpaired) electrons. The molecule has 4 aromatic rings. The molecule has 1 saturated carbocycles. The maximum Gasteiger partial charge on any atom is 0.338 e. The lowest BCUT2D eigenvalue weighted by atomic mass is 9.78. The van der Waals surface area contributed by atoms with Crippen LogP contribution in [-0.4, -0.2) is 31.1 Å². The second-order valence-electron chi connectivity index (χ2n) is 9.83. The highest BCUT2D eigenvalue weighted by molar-refractivity contribution is 7.15. The maximum atomic E-state index is 14.6. The van der Waals surface area contributed by atoms with Gasteiger partial charge in [0.25, 0.3) is 0 Å². The summed E-state index contributed by atoms with van der Waals surface area (Å²) in [5.41, 5.74) is 2.12. The van der Waals surface area contributed by atoms with Crippen LogP contribution < -0.4 is 5.32 Å². The molecule has 37 heavy (non-hydrogen) atoms. The van der Waals surface area contributed by atoms with E-state index in [0.717, 1.165) is 22.3 Å². The SMILES string of the molecule is Cc1cc(Nc2cc(C3CC3)ccn2)nc(-c2cnc(C3(O)CCCc4cc(C(=O)O)c(F)cc43)s2)c1. The minimum atomic E-state index is -1.49. The van der Waals surface area contributed by atoms with Crippen LogP contribution in [0.4, 0.5) is 16.0 Å². The van der Waals surface area contributed by atoms with E-state index in [0.29, 0.717) is 52.8 Å². The molecular weight excluding hydrogens is 491 g/mol. The average Bonchev–Trinajstić information content (AvgIpc) is 3.59. The molecule has 2 aliphatic carbocycles. The Morgan fingerprint density at radius 1 is 1.16 bits per heavy atom. The summed E-state index contributed by atoms with van der Waals surface area (Å²) in [4.78, 5) is 25.9. The van der Waals surface area contributed by atoms with Crippen LogP contribution >= 0.6 is 11.3 Å². The lowest BCUT2D eigenvalue weighted by molar-refractivity contribution is 0.0601. The number of carbonyl (C=O) groups is 1. The van der Waals surface area contributed by atoms with Gasteiger partial charge >= 0.3 is 5.97 Å². The molecule has 188 valence electrons. The summed E-state index contributed by atoms with van der Waals surface area (Å²) in [6.45, 7) is 1.99. The number of aromatic nitrogens is 3. The molecule has 0 aliphatic heterocycles. The predicted octanol–water partition coefficient (Wildman–Crippen LogP) is 5.94. The number of benzene rings is 1. The number of aromatic carboxylic acids is 1. The van der Waals surface area contributed by atoms with E-state index in [1.807, 2.05) is 25.3 Å². The summed E-state index contributed by atoms with van der Waals surface area (Å²) < 4.78 is 14.6. The molecule has 3 heterocycles. The highest BCUT2D eigenvalue weighted by Gasteiger charge is 2.40. The predicted molar refractivity (Wildman–Crippen MR) is 139 cm³/mol. The Bertz CT molecular complexity index is 1530. The number of carboxylic acid groups (broad SMARTS) is 1. The van der Waals surface area contributed by atoms with Crippen molar-refractivity contribution in [2.45, 2.75) is 50.5 Å². The van der Waals surface area contributed by atoms with Gasteiger partial charge in [-0.2, -0.15) is 0 Å². The van der Waals surface area contributed by atoms with Crippen molar-refractivity contribution in [3.63, 3.8) is 0 Å². The van der Waals surface area contributed by atoms with Gasteiger partial charge in [-0.3, -0.25) is 0 Å². The van der Waals surface area contributed by atoms with Crippen molar-refractivity contribution in [1.29, 1.82) is 0 Å². The van der Waals surface area contributed by atoms with E-state index >= 15 is 0 Å². The molecule has 6 rings (SSSR count). The number of rotatable bonds is 6. The highest BCUT2D eigenvalue weighted by Crippen LogP contribution is 2.44. The normalized spacial score (nSPS) is 18.9. The minimum Gasteiger partial charge on any atom is -0.478 e. The van der Waals surface area contributed by atoms with Gasteiger partial charge in [-0.05, 0) is 104 Å². The number of pyridine rings is 2. The fourth-order valence-corrected chi connectivity index (χ4v) is 6.03. The number of fused-ring (bicyclic) bond motifs is 1. The number of aliphatic hydroxyl groups is 1. The summed E-state index contributed by atoms with van der Waals surface area (Å²) in [5, 5.41) is 24.7. The van der Waals surface area contributed by atoms with E-state index in [2.05, 4.69) is 27.4 Å². The van der Waals surface area contributed by atoms with Crippen LogP contribution in [0.3, 0.4) is 0 Å². The Morgan fingerprint density at radius 2 is 2.00 bits per heavy atom. The number of nitrogens with zero attached hydrogens (tertiary/aromatic N) is 3. The standard InChI is InChI=1S/C28H25FN4O3S/c1-15-9-22(32-25(10-15)33-24-12-17(6-8-30-24)16-4-5-16)23-14-31-27(37-23)28(36)7-2-3-18-11-19(26(34)35)21(29)13-20(18)28/h6,8-14,16,36H,2-5,7H2,1H3,(H,34,35)(H,30,32,33). The molecule has 0 bridgehead atoms. The first-order valence-electron chi connectivity index (χ1n) is 12.3. The molecular formula is C28H25FN4O3S. The van der Waals surface area contributed by atoms with E-state index < -0.39 is 17.4 Å². The van der Waals surface area contributed by atoms with E-state index in [1.165, 1.54) is 35.8 Å². The molecule has 2 aliphatic rings. The van der Waals surface area contributed by atoms with Crippen LogP contribution in [0.2, 0.25) is 0 Å². The van der Waals surface area contributed by atoms with Crippen molar-refractivity contribution in [2.24, 2.45) is 0 Å². The fourth-order valence-electron chi connectivity index (χ4n) is 5.02. The van der Waals surface area contributed by atoms with Gasteiger partial charge in [0.05, 0.1) is 16.1 Å². The number of carboxylic acids is 1. The maximum absolute atomic E-state index is 14.6. The van der Waals surface area contributed by atoms with Gasteiger partial charge in [0.1, 0.15) is 28.1 Å². The van der Waals surface area contributed by atoms with Crippen molar-refractivity contribution < 1.29 is 19.4 Å². The third kappa shape index (κ3) is 4.49. The first-order chi connectivity index (χ1) is 17.8. The van der Waals surface area contributed by atoms with Gasteiger partial charge in [-0.25, -0.2) is 24.1 Å². The Balaban J connectivity index is 1.32. The molecule has 9 heteroatoms. The first-order valence-corrected chi connectivity index (χ1v) is 13.1. The number of aryl methyl sites for hydroxylation is 2. The second kappa shape index (κ2) is 9.00. The Labute approximate surface area is 217 Å². The largest absolute Gasteiger partial charge is 0.478 e. The number of hydrogen-bond acceptors (Lipinski definition) is 7. The first kappa shape index (κ1) is 23.7. The van der Waals surface area contributed by atoms with Gasteiger partial charge in [0, 0.05) is 12.4 Å². The topological polar surface area (TPSA) is 108 Å². The van der Waals surface area contributed by atoms with Crippen molar-refractivity contribution in [3.8, 4) is 10.6 Å². The number of nitrogens with one attached hydrogen (secondary N) is 1. The van der Waals surface area contributed by atoms with Crippen LogP contribution in [0.1, 0.15) is 69.2 Å². The third-order valence-electron chi connectivity index (χ3n) is 7.02. The van der Waals surface area contributed by atoms with Crippen LogP contribution in [0.5, 0.6) is 0 Å². The molecule has 3 N–H and O–H groups in total. The monoisotopic (exact) mass is 516 g/mol. The quantitative estimate of drug-likeness (QED) is 0.291. The zero-order valence-corrected chi connectivity index (χ0v) is 21.0. The number of anilines is 2. The molecule has 0 spiro atoms. The van der Waals surface area contributed by atoms with Gasteiger partial charge in [-0.1, -0.05) is 0 Å². The molecule has 0 amide bonds. The fraction of sp³-hybridized carbons (Fsp3) is 0.286. The van der Waals surface area contributed by atoms with E-state index in [4.69, 9.17) is 4.98 Å². The van der Waals surface area contributed by atoms with Crippen molar-refractivity contribution in [3.05, 3.63) is 87.4 Å². The van der Waals surface area contributed by atoms with Gasteiger partial charge in [-0.15, -0.1) is 11.3 Å². The lowest BCUT2D eigenvalue weighted by Gasteiger charge is -2.33. The summed E-state index contributed by atoms with van der Waals surface area (Å²) in [6.07, 6.45) is 7.49. The number of hydrogen-bond donors (Lipinski definition) is 3. The molecule has 7 nitrogen and oxygen atoms in total. The molecule has 0 saturated heterocycles. The molecule has 1 aromatic carbocycles. The van der Waals surface area contributed by atoms with E-state index in [-0.39, 0.29) is 5.56 Å².